The van der Waals surface area contributed by atoms with E-state index in [9.17, 15) is 0 Å². The Morgan fingerprint density at radius 1 is 1.24 bits per heavy atom. The van der Waals surface area contributed by atoms with Gasteiger partial charge in [0.25, 0.3) is 0 Å². The second-order valence-electron chi connectivity index (χ2n) is 5.30. The summed E-state index contributed by atoms with van der Waals surface area (Å²) in [5.74, 6) is 1.47. The van der Waals surface area contributed by atoms with E-state index >= 15 is 0 Å². The van der Waals surface area contributed by atoms with Crippen LogP contribution in [-0.4, -0.2) is 17.0 Å². The third kappa shape index (κ3) is 3.86. The molecule has 0 aliphatic heterocycles. The lowest BCUT2D eigenvalue weighted by molar-refractivity contribution is 0.758. The van der Waals surface area contributed by atoms with Gasteiger partial charge < -0.3 is 4.90 Å². The summed E-state index contributed by atoms with van der Waals surface area (Å²) in [5.41, 5.74) is 2.86. The highest BCUT2D eigenvalue weighted by atomic mass is 35.5. The fourth-order valence-corrected chi connectivity index (χ4v) is 2.48. The predicted molar refractivity (Wildman–Crippen MR) is 89.2 cm³/mol. The first-order chi connectivity index (χ1) is 10.0. The maximum atomic E-state index is 6.21. The van der Waals surface area contributed by atoms with Crippen LogP contribution in [0.5, 0.6) is 0 Å². The number of aromatic nitrogens is 2. The van der Waals surface area contributed by atoms with Crippen molar-refractivity contribution < 1.29 is 0 Å². The van der Waals surface area contributed by atoms with Gasteiger partial charge in [-0.1, -0.05) is 43.6 Å². The van der Waals surface area contributed by atoms with E-state index < -0.39 is 0 Å². The van der Waals surface area contributed by atoms with E-state index in [0.717, 1.165) is 27.8 Å². The Kier molecular flexibility index (Phi) is 5.43. The molecular formula is C16H19Cl2N3. The molecule has 0 spiro atoms. The van der Waals surface area contributed by atoms with Gasteiger partial charge in [0.1, 0.15) is 5.82 Å². The summed E-state index contributed by atoms with van der Waals surface area (Å²) in [6.45, 7) is 4.83. The molecule has 112 valence electrons. The number of halogens is 2. The fourth-order valence-electron chi connectivity index (χ4n) is 2.09. The van der Waals surface area contributed by atoms with E-state index in [1.165, 1.54) is 0 Å². The molecule has 0 saturated carbocycles. The van der Waals surface area contributed by atoms with Gasteiger partial charge >= 0.3 is 0 Å². The molecule has 2 aromatic rings. The van der Waals surface area contributed by atoms with Gasteiger partial charge in [-0.05, 0) is 11.6 Å². The highest BCUT2D eigenvalue weighted by molar-refractivity contribution is 6.31. The number of rotatable bonds is 5. The molecule has 1 heterocycles. The van der Waals surface area contributed by atoms with Crippen molar-refractivity contribution in [3.8, 4) is 0 Å². The van der Waals surface area contributed by atoms with Crippen LogP contribution in [0.4, 0.5) is 5.69 Å². The summed E-state index contributed by atoms with van der Waals surface area (Å²) in [5, 5.41) is 0.761. The van der Waals surface area contributed by atoms with Gasteiger partial charge in [0.05, 0.1) is 23.5 Å². The molecule has 0 bridgehead atoms. The van der Waals surface area contributed by atoms with Crippen molar-refractivity contribution in [2.24, 2.45) is 0 Å². The van der Waals surface area contributed by atoms with Gasteiger partial charge in [0, 0.05) is 24.5 Å². The largest absolute Gasteiger partial charge is 0.367 e. The first kappa shape index (κ1) is 16.1. The van der Waals surface area contributed by atoms with Crippen LogP contribution in [-0.2, 0) is 12.4 Å². The van der Waals surface area contributed by atoms with Gasteiger partial charge in [0.2, 0.25) is 0 Å². The normalized spacial score (nSPS) is 11.0. The van der Waals surface area contributed by atoms with E-state index in [1.54, 1.807) is 0 Å². The maximum Gasteiger partial charge on any atom is 0.131 e. The summed E-state index contributed by atoms with van der Waals surface area (Å²) in [4.78, 5) is 11.1. The van der Waals surface area contributed by atoms with Crippen molar-refractivity contribution in [1.29, 1.82) is 0 Å². The van der Waals surface area contributed by atoms with Gasteiger partial charge in [0.15, 0.2) is 0 Å². The molecule has 21 heavy (non-hydrogen) atoms. The molecule has 3 nitrogen and oxygen atoms in total. The number of anilines is 1. The molecule has 0 saturated heterocycles. The third-order valence-electron chi connectivity index (χ3n) is 3.28. The average molecular weight is 324 g/mol. The van der Waals surface area contributed by atoms with E-state index in [1.807, 2.05) is 37.5 Å². The van der Waals surface area contributed by atoms with Crippen LogP contribution in [0.15, 0.2) is 30.5 Å². The number of hydrogen-bond donors (Lipinski definition) is 0. The zero-order valence-electron chi connectivity index (χ0n) is 12.5. The van der Waals surface area contributed by atoms with Crippen molar-refractivity contribution in [1.82, 2.24) is 9.97 Å². The Labute approximate surface area is 135 Å². The van der Waals surface area contributed by atoms with Crippen molar-refractivity contribution >= 4 is 28.9 Å². The van der Waals surface area contributed by atoms with E-state index in [-0.39, 0.29) is 5.92 Å². The SMILES string of the molecule is CC(C)c1ncc(N(C)Cc2ccccc2Cl)c(CCl)n1. The van der Waals surface area contributed by atoms with E-state index in [4.69, 9.17) is 23.2 Å². The minimum absolute atomic E-state index is 0.287. The van der Waals surface area contributed by atoms with Crippen molar-refractivity contribution in [2.75, 3.05) is 11.9 Å². The fraction of sp³-hybridized carbons (Fsp3) is 0.375. The van der Waals surface area contributed by atoms with Gasteiger partial charge in [-0.15, -0.1) is 11.6 Å². The van der Waals surface area contributed by atoms with Gasteiger partial charge in [-0.25, -0.2) is 9.97 Å². The molecule has 0 atom stereocenters. The molecule has 1 aromatic heterocycles. The molecular weight excluding hydrogens is 305 g/mol. The molecule has 1 aromatic carbocycles. The van der Waals surface area contributed by atoms with Crippen LogP contribution in [0.1, 0.15) is 36.8 Å². The number of alkyl halides is 1. The topological polar surface area (TPSA) is 29.0 Å². The molecule has 0 amide bonds. The first-order valence-electron chi connectivity index (χ1n) is 6.89. The van der Waals surface area contributed by atoms with E-state index in [0.29, 0.717) is 12.4 Å². The lowest BCUT2D eigenvalue weighted by Crippen LogP contribution is -2.19. The molecule has 0 N–H and O–H groups in total. The van der Waals surface area contributed by atoms with Crippen LogP contribution >= 0.6 is 23.2 Å². The summed E-state index contributed by atoms with van der Waals surface area (Å²) < 4.78 is 0. The second kappa shape index (κ2) is 7.10. The van der Waals surface area contributed by atoms with Gasteiger partial charge in [-0.2, -0.15) is 0 Å². The maximum absolute atomic E-state index is 6.21. The van der Waals surface area contributed by atoms with Crippen molar-refractivity contribution in [3.63, 3.8) is 0 Å². The van der Waals surface area contributed by atoms with Crippen molar-refractivity contribution in [3.05, 3.63) is 52.6 Å². The van der Waals surface area contributed by atoms with Crippen LogP contribution in [0.2, 0.25) is 5.02 Å². The summed E-state index contributed by atoms with van der Waals surface area (Å²) in [6.07, 6.45) is 1.84. The van der Waals surface area contributed by atoms with Crippen LogP contribution in [0.3, 0.4) is 0 Å². The monoisotopic (exact) mass is 323 g/mol. The van der Waals surface area contributed by atoms with Crippen LogP contribution < -0.4 is 4.90 Å². The summed E-state index contributed by atoms with van der Waals surface area (Å²) >= 11 is 12.3. The third-order valence-corrected chi connectivity index (χ3v) is 3.91. The minimum Gasteiger partial charge on any atom is -0.367 e. The Morgan fingerprint density at radius 3 is 2.57 bits per heavy atom. The number of nitrogens with zero attached hydrogens (tertiary/aromatic N) is 3. The lowest BCUT2D eigenvalue weighted by Gasteiger charge is -2.22. The molecule has 0 unspecified atom stereocenters. The Hall–Kier alpha value is -1.32. The predicted octanol–water partition coefficient (Wildman–Crippen LogP) is 4.63. The smallest absolute Gasteiger partial charge is 0.131 e. The highest BCUT2D eigenvalue weighted by Crippen LogP contribution is 2.24. The summed E-state index contributed by atoms with van der Waals surface area (Å²) in [6, 6.07) is 7.82. The zero-order chi connectivity index (χ0) is 15.4. The number of benzene rings is 1. The van der Waals surface area contributed by atoms with Gasteiger partial charge in [-0.3, -0.25) is 0 Å². The molecule has 0 aliphatic carbocycles. The number of hydrogen-bond acceptors (Lipinski definition) is 3. The second-order valence-corrected chi connectivity index (χ2v) is 5.97. The van der Waals surface area contributed by atoms with E-state index in [2.05, 4.69) is 28.7 Å². The Morgan fingerprint density at radius 2 is 1.95 bits per heavy atom. The quantitative estimate of drug-likeness (QED) is 0.751. The molecule has 5 heteroatoms. The summed E-state index contributed by atoms with van der Waals surface area (Å²) in [7, 11) is 1.99. The Bertz CT molecular complexity index is 614. The minimum atomic E-state index is 0.287. The van der Waals surface area contributed by atoms with Crippen LogP contribution in [0.25, 0.3) is 0 Å². The standard InChI is InChI=1S/C16H19Cl2N3/c1-11(2)16-19-9-15(14(8-17)20-16)21(3)10-12-6-4-5-7-13(12)18/h4-7,9,11H,8,10H2,1-3H3. The molecule has 0 aliphatic rings. The molecule has 2 rings (SSSR count). The van der Waals surface area contributed by atoms with Crippen molar-refractivity contribution in [2.45, 2.75) is 32.2 Å². The molecule has 0 fully saturated rings. The first-order valence-corrected chi connectivity index (χ1v) is 7.80. The lowest BCUT2D eigenvalue weighted by atomic mass is 10.2. The molecule has 0 radical (unpaired) electrons. The zero-order valence-corrected chi connectivity index (χ0v) is 14.0. The highest BCUT2D eigenvalue weighted by Gasteiger charge is 2.13. The Balaban J connectivity index is 2.26. The van der Waals surface area contributed by atoms with Crippen LogP contribution in [0, 0.1) is 0 Å². The average Bonchev–Trinajstić information content (AvgIpc) is 2.48.